The first kappa shape index (κ1) is 24.5. The molecule has 3 fully saturated rings. The summed E-state index contributed by atoms with van der Waals surface area (Å²) in [5.41, 5.74) is 2.18. The van der Waals surface area contributed by atoms with Gasteiger partial charge < -0.3 is 15.5 Å². The van der Waals surface area contributed by atoms with Gasteiger partial charge in [-0.2, -0.15) is 0 Å². The highest BCUT2D eigenvalue weighted by molar-refractivity contribution is 5.98. The molecule has 0 spiro atoms. The molecule has 3 saturated carbocycles. The zero-order valence-corrected chi connectivity index (χ0v) is 21.3. The van der Waals surface area contributed by atoms with E-state index in [0.717, 1.165) is 49.3 Å². The maximum Gasteiger partial charge on any atom is 0.251 e. The third-order valence-electron chi connectivity index (χ3n) is 10.5. The molecule has 2 aromatic rings. The summed E-state index contributed by atoms with van der Waals surface area (Å²) in [6.45, 7) is 9.95. The number of hydrogen-bond donors (Lipinski definition) is 3. The summed E-state index contributed by atoms with van der Waals surface area (Å²) in [5, 5.41) is 26.2. The standard InChI is InChI=1S/C31H41NO3/c1-20-8-11-27-26(18-32-29(35)23-10-9-21-6-4-5-7-22(21)16-23)28(13-15-30(20,27)2)31(3)14-12-25(34)17-24(31)19-33/h4-7,9-10,16,24-28,33-34H,1,8,11-15,17-19H2,2-3H3,(H,32,35)/t24-,25+,26+,27+,28+,30-,31+/m1/s1. The molecule has 2 aromatic carbocycles. The van der Waals surface area contributed by atoms with Gasteiger partial charge in [-0.3, -0.25) is 4.79 Å². The SMILES string of the molecule is C=C1CC[C@H]2[C@H](CNC(=O)c3ccc4ccccc4c3)[C@@H]([C@@]3(C)CC[C@H](O)C[C@@H]3CO)CC[C@]12C. The highest BCUT2D eigenvalue weighted by atomic mass is 16.3. The van der Waals surface area contributed by atoms with Gasteiger partial charge in [-0.15, -0.1) is 0 Å². The Morgan fingerprint density at radius 2 is 1.83 bits per heavy atom. The summed E-state index contributed by atoms with van der Waals surface area (Å²) in [6, 6.07) is 14.1. The summed E-state index contributed by atoms with van der Waals surface area (Å²) in [6.07, 6.45) is 6.52. The smallest absolute Gasteiger partial charge is 0.251 e. The Morgan fingerprint density at radius 3 is 2.60 bits per heavy atom. The Labute approximate surface area is 209 Å². The minimum atomic E-state index is -0.314. The Morgan fingerprint density at radius 1 is 1.06 bits per heavy atom. The van der Waals surface area contributed by atoms with Crippen molar-refractivity contribution >= 4 is 16.7 Å². The van der Waals surface area contributed by atoms with Gasteiger partial charge in [0.25, 0.3) is 5.91 Å². The summed E-state index contributed by atoms with van der Waals surface area (Å²) in [5.74, 6) is 1.33. The molecule has 3 N–H and O–H groups in total. The van der Waals surface area contributed by atoms with Crippen LogP contribution in [0.4, 0.5) is 0 Å². The fourth-order valence-corrected chi connectivity index (χ4v) is 8.11. The van der Waals surface area contributed by atoms with E-state index in [4.69, 9.17) is 0 Å². The monoisotopic (exact) mass is 475 g/mol. The molecule has 0 aromatic heterocycles. The fourth-order valence-electron chi connectivity index (χ4n) is 8.11. The molecule has 4 heteroatoms. The maximum atomic E-state index is 13.3. The molecule has 0 saturated heterocycles. The first-order valence-corrected chi connectivity index (χ1v) is 13.5. The van der Waals surface area contributed by atoms with E-state index < -0.39 is 0 Å². The van der Waals surface area contributed by atoms with Gasteiger partial charge in [0, 0.05) is 18.7 Å². The van der Waals surface area contributed by atoms with E-state index in [-0.39, 0.29) is 35.4 Å². The van der Waals surface area contributed by atoms with E-state index >= 15 is 0 Å². The number of aliphatic hydroxyl groups is 2. The molecule has 1 amide bonds. The lowest BCUT2D eigenvalue weighted by atomic mass is 9.49. The van der Waals surface area contributed by atoms with Gasteiger partial charge in [0.15, 0.2) is 0 Å². The number of aliphatic hydroxyl groups excluding tert-OH is 2. The first-order valence-electron chi connectivity index (χ1n) is 13.5. The topological polar surface area (TPSA) is 69.6 Å². The average molecular weight is 476 g/mol. The molecule has 0 aliphatic heterocycles. The quantitative estimate of drug-likeness (QED) is 0.484. The van der Waals surface area contributed by atoms with Crippen molar-refractivity contribution in [1.82, 2.24) is 5.32 Å². The molecule has 3 aliphatic carbocycles. The largest absolute Gasteiger partial charge is 0.396 e. The molecule has 4 nitrogen and oxygen atoms in total. The van der Waals surface area contributed by atoms with Crippen LogP contribution in [0, 0.1) is 34.5 Å². The maximum absolute atomic E-state index is 13.3. The van der Waals surface area contributed by atoms with Crippen molar-refractivity contribution in [3.05, 3.63) is 60.2 Å². The molecule has 0 radical (unpaired) electrons. The number of allylic oxidation sites excluding steroid dienone is 1. The highest BCUT2D eigenvalue weighted by Crippen LogP contribution is 2.63. The van der Waals surface area contributed by atoms with Gasteiger partial charge in [-0.05, 0) is 102 Å². The van der Waals surface area contributed by atoms with E-state index in [1.807, 2.05) is 36.4 Å². The number of nitrogens with one attached hydrogen (secondary N) is 1. The normalized spacial score (nSPS) is 37.3. The lowest BCUT2D eigenvalue weighted by Gasteiger charge is -2.56. The summed E-state index contributed by atoms with van der Waals surface area (Å²) < 4.78 is 0. The van der Waals surface area contributed by atoms with Crippen LogP contribution in [0.5, 0.6) is 0 Å². The van der Waals surface area contributed by atoms with Crippen LogP contribution >= 0.6 is 0 Å². The third kappa shape index (κ3) is 4.23. The van der Waals surface area contributed by atoms with E-state index in [1.165, 1.54) is 5.57 Å². The van der Waals surface area contributed by atoms with Crippen molar-refractivity contribution in [1.29, 1.82) is 0 Å². The van der Waals surface area contributed by atoms with Gasteiger partial charge in [0.05, 0.1) is 6.10 Å². The number of amides is 1. The van der Waals surface area contributed by atoms with E-state index in [0.29, 0.717) is 36.3 Å². The second-order valence-electron chi connectivity index (χ2n) is 12.1. The fraction of sp³-hybridized carbons (Fsp3) is 0.581. The molecule has 0 bridgehead atoms. The first-order chi connectivity index (χ1) is 16.8. The summed E-state index contributed by atoms with van der Waals surface area (Å²) in [7, 11) is 0. The predicted molar refractivity (Wildman–Crippen MR) is 141 cm³/mol. The molecule has 5 rings (SSSR count). The van der Waals surface area contributed by atoms with Gasteiger partial charge in [0.2, 0.25) is 0 Å². The summed E-state index contributed by atoms with van der Waals surface area (Å²) in [4.78, 5) is 13.3. The van der Waals surface area contributed by atoms with Crippen LogP contribution in [0.15, 0.2) is 54.6 Å². The highest BCUT2D eigenvalue weighted by Gasteiger charge is 2.56. The second-order valence-corrected chi connectivity index (χ2v) is 12.1. The van der Waals surface area contributed by atoms with Crippen LogP contribution in [-0.4, -0.2) is 35.4 Å². The lowest BCUT2D eigenvalue weighted by Crippen LogP contribution is -2.53. The molecule has 188 valence electrons. The Bertz CT molecular complexity index is 1110. The molecule has 0 heterocycles. The van der Waals surface area contributed by atoms with Crippen molar-refractivity contribution in [2.24, 2.45) is 34.5 Å². The van der Waals surface area contributed by atoms with E-state index in [1.54, 1.807) is 0 Å². The number of rotatable bonds is 5. The van der Waals surface area contributed by atoms with Gasteiger partial charge in [-0.25, -0.2) is 0 Å². The number of carbonyl (C=O) groups excluding carboxylic acids is 1. The minimum Gasteiger partial charge on any atom is -0.396 e. The van der Waals surface area contributed by atoms with Crippen LogP contribution in [0.3, 0.4) is 0 Å². The Hall–Kier alpha value is -2.17. The predicted octanol–water partition coefficient (Wildman–Crippen LogP) is 5.73. The summed E-state index contributed by atoms with van der Waals surface area (Å²) >= 11 is 0. The van der Waals surface area contributed by atoms with Crippen molar-refractivity contribution < 1.29 is 15.0 Å². The van der Waals surface area contributed by atoms with Crippen molar-refractivity contribution in [3.63, 3.8) is 0 Å². The molecular formula is C31H41NO3. The van der Waals surface area contributed by atoms with Crippen LogP contribution in [0.2, 0.25) is 0 Å². The molecule has 0 unspecified atom stereocenters. The lowest BCUT2D eigenvalue weighted by molar-refractivity contribution is -0.0928. The van der Waals surface area contributed by atoms with Gasteiger partial charge in [0.1, 0.15) is 0 Å². The van der Waals surface area contributed by atoms with E-state index in [9.17, 15) is 15.0 Å². The number of carbonyl (C=O) groups is 1. The second kappa shape index (κ2) is 9.37. The average Bonchev–Trinajstić information content (AvgIpc) is 3.17. The number of hydrogen-bond acceptors (Lipinski definition) is 3. The van der Waals surface area contributed by atoms with Gasteiger partial charge in [-0.1, -0.05) is 56.3 Å². The third-order valence-corrected chi connectivity index (χ3v) is 10.5. The van der Waals surface area contributed by atoms with Crippen LogP contribution in [0.1, 0.15) is 69.2 Å². The van der Waals surface area contributed by atoms with Crippen LogP contribution in [0.25, 0.3) is 10.8 Å². The minimum absolute atomic E-state index is 0.0125. The molecule has 3 aliphatic rings. The molecular weight excluding hydrogens is 434 g/mol. The van der Waals surface area contributed by atoms with Crippen molar-refractivity contribution in [2.75, 3.05) is 13.2 Å². The van der Waals surface area contributed by atoms with Crippen molar-refractivity contribution in [2.45, 2.75) is 64.9 Å². The van der Waals surface area contributed by atoms with Gasteiger partial charge >= 0.3 is 0 Å². The molecule has 7 atom stereocenters. The van der Waals surface area contributed by atoms with Crippen LogP contribution < -0.4 is 5.32 Å². The van der Waals surface area contributed by atoms with E-state index in [2.05, 4.69) is 31.8 Å². The Kier molecular flexibility index (Phi) is 6.56. The zero-order valence-electron chi connectivity index (χ0n) is 21.3. The Balaban J connectivity index is 1.41. The molecule has 35 heavy (non-hydrogen) atoms. The van der Waals surface area contributed by atoms with Crippen molar-refractivity contribution in [3.8, 4) is 0 Å². The van der Waals surface area contributed by atoms with Crippen LogP contribution in [-0.2, 0) is 0 Å². The zero-order chi connectivity index (χ0) is 24.8. The number of fused-ring (bicyclic) bond motifs is 2. The number of benzene rings is 2.